The maximum Gasteiger partial charge on any atom is 0.187 e. The Labute approximate surface area is 224 Å². The smallest absolute Gasteiger partial charge is 0.187 e. The zero-order valence-corrected chi connectivity index (χ0v) is 20.8. The summed E-state index contributed by atoms with van der Waals surface area (Å²) in [5.41, 5.74) is 5.64. The van der Waals surface area contributed by atoms with Gasteiger partial charge in [-0.15, -0.1) is 10.2 Å². The van der Waals surface area contributed by atoms with Gasteiger partial charge >= 0.3 is 0 Å². The molecule has 184 valence electrons. The van der Waals surface area contributed by atoms with Gasteiger partial charge in [-0.2, -0.15) is 0 Å². The van der Waals surface area contributed by atoms with Crippen molar-refractivity contribution >= 4 is 10.8 Å². The van der Waals surface area contributed by atoms with Crippen molar-refractivity contribution in [2.24, 2.45) is 0 Å². The maximum atomic E-state index is 5.03. The van der Waals surface area contributed by atoms with Crippen LogP contribution in [0.2, 0.25) is 0 Å². The molecule has 0 aliphatic carbocycles. The Bertz CT molecular complexity index is 1910. The summed E-state index contributed by atoms with van der Waals surface area (Å²) < 4.78 is 2.00. The summed E-state index contributed by atoms with van der Waals surface area (Å²) in [4.78, 5) is 18.8. The number of rotatable bonds is 5. The summed E-state index contributed by atoms with van der Waals surface area (Å²) in [7, 11) is 0. The fourth-order valence-corrected chi connectivity index (χ4v) is 4.68. The van der Waals surface area contributed by atoms with Gasteiger partial charge in [0, 0.05) is 35.2 Å². The van der Waals surface area contributed by atoms with E-state index in [0.29, 0.717) is 23.0 Å². The second kappa shape index (κ2) is 9.72. The number of hydrogen-bond donors (Lipinski definition) is 0. The summed E-state index contributed by atoms with van der Waals surface area (Å²) >= 11 is 0. The first-order chi connectivity index (χ1) is 19.3. The van der Waals surface area contributed by atoms with Gasteiger partial charge in [0.2, 0.25) is 0 Å². The first kappa shape index (κ1) is 22.6. The molecule has 0 aliphatic heterocycles. The lowest BCUT2D eigenvalue weighted by molar-refractivity contribution is 1.05. The molecule has 5 heterocycles. The third-order valence-electron chi connectivity index (χ3n) is 6.51. The molecular formula is C32H21N7. The average molecular weight is 504 g/mol. The molecule has 0 unspecified atom stereocenters. The van der Waals surface area contributed by atoms with Gasteiger partial charge in [0.1, 0.15) is 11.4 Å². The zero-order chi connectivity index (χ0) is 26.0. The van der Waals surface area contributed by atoms with Gasteiger partial charge in [-0.1, -0.05) is 60.7 Å². The summed E-state index contributed by atoms with van der Waals surface area (Å²) in [6.07, 6.45) is 5.49. The first-order valence-electron chi connectivity index (χ1n) is 12.6. The Kier molecular flexibility index (Phi) is 5.64. The Hall–Kier alpha value is -5.56. The lowest BCUT2D eigenvalue weighted by Gasteiger charge is -2.12. The Balaban J connectivity index is 1.39. The molecule has 0 N–H and O–H groups in total. The van der Waals surface area contributed by atoms with Crippen molar-refractivity contribution < 1.29 is 0 Å². The van der Waals surface area contributed by atoms with E-state index in [9.17, 15) is 0 Å². The molecule has 7 rings (SSSR count). The molecule has 0 radical (unpaired) electrons. The zero-order valence-electron chi connectivity index (χ0n) is 20.8. The molecule has 0 saturated carbocycles. The lowest BCUT2D eigenvalue weighted by atomic mass is 10.0. The van der Waals surface area contributed by atoms with Gasteiger partial charge in [0.15, 0.2) is 11.6 Å². The molecule has 2 aromatic carbocycles. The average Bonchev–Trinajstić information content (AvgIpc) is 3.47. The minimum absolute atomic E-state index is 0.619. The highest BCUT2D eigenvalue weighted by atomic mass is 15.3. The van der Waals surface area contributed by atoms with Crippen molar-refractivity contribution in [3.63, 3.8) is 0 Å². The Morgan fingerprint density at radius 3 is 1.90 bits per heavy atom. The number of hydrogen-bond acceptors (Lipinski definition) is 6. The molecule has 0 amide bonds. The van der Waals surface area contributed by atoms with E-state index in [1.807, 2.05) is 114 Å². The van der Waals surface area contributed by atoms with Gasteiger partial charge in [0.25, 0.3) is 0 Å². The van der Waals surface area contributed by atoms with Crippen LogP contribution < -0.4 is 0 Å². The molecule has 7 aromatic rings. The van der Waals surface area contributed by atoms with Crippen molar-refractivity contribution in [1.29, 1.82) is 0 Å². The fourth-order valence-electron chi connectivity index (χ4n) is 4.68. The standard InChI is InChI=1S/C32H21N7/c1-2-11-23(12-3-1)39-31(37-38-32(39)30-18-9-16-28(36-30)27-14-6-7-19-34-27)29-17-8-15-26(35-29)25-21-33-20-22-10-4-5-13-24(22)25/h1-21H. The van der Waals surface area contributed by atoms with Crippen LogP contribution in [-0.2, 0) is 0 Å². The summed E-state index contributed by atoms with van der Waals surface area (Å²) in [5.74, 6) is 1.24. The van der Waals surface area contributed by atoms with Crippen LogP contribution in [0.4, 0.5) is 0 Å². The second-order valence-electron chi connectivity index (χ2n) is 8.96. The van der Waals surface area contributed by atoms with Crippen LogP contribution in [0.25, 0.3) is 62.1 Å². The van der Waals surface area contributed by atoms with Gasteiger partial charge in [0.05, 0.1) is 17.1 Å². The number of nitrogens with zero attached hydrogens (tertiary/aromatic N) is 7. The molecule has 0 fully saturated rings. The minimum Gasteiger partial charge on any atom is -0.272 e. The molecule has 7 heteroatoms. The maximum absolute atomic E-state index is 5.03. The number of para-hydroxylation sites is 1. The topological polar surface area (TPSA) is 82.3 Å². The molecule has 0 spiro atoms. The van der Waals surface area contributed by atoms with Crippen LogP contribution in [0.1, 0.15) is 0 Å². The molecule has 5 aromatic heterocycles. The number of benzene rings is 2. The van der Waals surface area contributed by atoms with Crippen LogP contribution in [0.3, 0.4) is 0 Å². The van der Waals surface area contributed by atoms with Crippen molar-refractivity contribution in [2.45, 2.75) is 0 Å². The third kappa shape index (κ3) is 4.22. The van der Waals surface area contributed by atoms with E-state index >= 15 is 0 Å². The van der Waals surface area contributed by atoms with E-state index in [2.05, 4.69) is 32.3 Å². The van der Waals surface area contributed by atoms with E-state index in [0.717, 1.165) is 39.1 Å². The van der Waals surface area contributed by atoms with E-state index in [1.165, 1.54) is 0 Å². The SMILES string of the molecule is c1ccc(-n2c(-c3cccc(-c4ccccn4)n3)nnc2-c2cccc(-c3cncc4ccccc34)n2)cc1. The molecule has 0 saturated heterocycles. The molecule has 0 bridgehead atoms. The van der Waals surface area contributed by atoms with Gasteiger partial charge in [-0.3, -0.25) is 14.5 Å². The van der Waals surface area contributed by atoms with Gasteiger partial charge in [-0.25, -0.2) is 9.97 Å². The van der Waals surface area contributed by atoms with Gasteiger partial charge < -0.3 is 0 Å². The molecule has 39 heavy (non-hydrogen) atoms. The monoisotopic (exact) mass is 503 g/mol. The van der Waals surface area contributed by atoms with Gasteiger partial charge in [-0.05, 0) is 53.9 Å². The minimum atomic E-state index is 0.619. The highest BCUT2D eigenvalue weighted by molar-refractivity contribution is 5.95. The third-order valence-corrected chi connectivity index (χ3v) is 6.51. The Morgan fingerprint density at radius 2 is 1.13 bits per heavy atom. The van der Waals surface area contributed by atoms with Crippen LogP contribution in [-0.4, -0.2) is 34.7 Å². The summed E-state index contributed by atoms with van der Waals surface area (Å²) in [6.45, 7) is 0. The van der Waals surface area contributed by atoms with E-state index in [4.69, 9.17) is 9.97 Å². The van der Waals surface area contributed by atoms with Crippen molar-refractivity contribution in [3.05, 3.63) is 128 Å². The number of aromatic nitrogens is 7. The predicted molar refractivity (Wildman–Crippen MR) is 152 cm³/mol. The molecule has 0 aliphatic rings. The summed E-state index contributed by atoms with van der Waals surface area (Å²) in [5, 5.41) is 11.4. The lowest BCUT2D eigenvalue weighted by Crippen LogP contribution is -2.03. The van der Waals surface area contributed by atoms with Crippen molar-refractivity contribution in [2.75, 3.05) is 0 Å². The van der Waals surface area contributed by atoms with Crippen molar-refractivity contribution in [1.82, 2.24) is 34.7 Å². The quantitative estimate of drug-likeness (QED) is 0.261. The van der Waals surface area contributed by atoms with Crippen LogP contribution in [0.15, 0.2) is 128 Å². The molecule has 7 nitrogen and oxygen atoms in total. The van der Waals surface area contributed by atoms with Crippen LogP contribution in [0, 0.1) is 0 Å². The van der Waals surface area contributed by atoms with Crippen LogP contribution >= 0.6 is 0 Å². The molecular weight excluding hydrogens is 482 g/mol. The first-order valence-corrected chi connectivity index (χ1v) is 12.6. The van der Waals surface area contributed by atoms with Crippen LogP contribution in [0.5, 0.6) is 0 Å². The summed E-state index contributed by atoms with van der Waals surface area (Å²) in [6, 6.07) is 35.8. The predicted octanol–water partition coefficient (Wildman–Crippen LogP) is 6.67. The fraction of sp³-hybridized carbons (Fsp3) is 0. The van der Waals surface area contributed by atoms with E-state index in [-0.39, 0.29) is 0 Å². The molecule has 0 atom stereocenters. The second-order valence-corrected chi connectivity index (χ2v) is 8.96. The van der Waals surface area contributed by atoms with Crippen molar-refractivity contribution in [3.8, 4) is 51.4 Å². The largest absolute Gasteiger partial charge is 0.272 e. The highest BCUT2D eigenvalue weighted by Crippen LogP contribution is 2.31. The Morgan fingerprint density at radius 1 is 0.487 bits per heavy atom. The normalized spacial score (nSPS) is 11.1. The van der Waals surface area contributed by atoms with E-state index in [1.54, 1.807) is 6.20 Å². The number of pyridine rings is 4. The highest BCUT2D eigenvalue weighted by Gasteiger charge is 2.20. The number of fused-ring (bicyclic) bond motifs is 1. The van der Waals surface area contributed by atoms with E-state index < -0.39 is 0 Å².